The third-order valence-electron chi connectivity index (χ3n) is 40.2. The number of rotatable bonds is 15. The van der Waals surface area contributed by atoms with E-state index in [-0.39, 0.29) is 120 Å². The number of nitrogens with one attached hydrogen (secondary N) is 1. The van der Waals surface area contributed by atoms with Gasteiger partial charge in [0.1, 0.15) is 45.2 Å². The Balaban J connectivity index is 0.000000101. The van der Waals surface area contributed by atoms with Crippen molar-refractivity contribution in [3.05, 3.63) is 188 Å². The molecule has 9 saturated carbocycles. The van der Waals surface area contributed by atoms with Gasteiger partial charge in [-0.2, -0.15) is 0 Å². The summed E-state index contributed by atoms with van der Waals surface area (Å²) in [5, 5.41) is 95.0. The lowest BCUT2D eigenvalue weighted by atomic mass is 9.46. The van der Waals surface area contributed by atoms with Crippen LogP contribution < -0.4 is 5.32 Å². The fraction of sp³-hybridized carbons (Fsp3) is 0.611. The lowest BCUT2D eigenvalue weighted by molar-refractivity contribution is -0.190. The van der Waals surface area contributed by atoms with Crippen LogP contribution in [0.15, 0.2) is 121 Å². The number of hydrogen-bond donors (Lipinski definition) is 9. The molecule has 8 heterocycles. The van der Waals surface area contributed by atoms with Crippen molar-refractivity contribution in [2.45, 2.75) is 330 Å². The molecule has 17 fully saturated rings. The van der Waals surface area contributed by atoms with E-state index in [1.807, 2.05) is 122 Å². The number of amides is 8. The lowest BCUT2D eigenvalue weighted by Crippen LogP contribution is -2.76. The molecule has 8 amide bonds. The SMILES string of the molecule is CCN1C(=O)N(Cc2ccc(C)cc2)C(=O)[C@@]12CC[C@@]1(O)[C@H]3Cc4ccc(O)cc4[C@@]1(CCN3CC1CC1)C2.CN1CC[C@]23C[C@@]4(CC[C@@]2(O)[C@H]1Cc1ccc(O)cc13)C(=O)CC(=O)N4CC1CC1.Cc1ccc(CN2C(=O)N[C@]3(CC[C@@]4(O)[C@H]5Cc6ccc(O)cc6[C@@]4(CCN5CC4CC4)C3)C2=O)cc1.O=C1CC(=O)[C@@]2(CC[C@@]3(O)[C@H]4Cc5ccc(O)cc5[C@@]3(CCN4CC3CC3)C2)N1CC1CC1. The predicted octanol–water partition coefficient (Wildman–Crippen LogP) is 11.8. The first-order valence-corrected chi connectivity index (χ1v) is 52.8. The molecule has 16 atom stereocenters. The molecule has 13 aliphatic carbocycles. The number of nitrogens with zero attached hydrogens (tertiary/aromatic N) is 9. The van der Waals surface area contributed by atoms with Crippen LogP contribution >= 0.6 is 0 Å². The quantitative estimate of drug-likeness (QED) is 0.0341. The van der Waals surface area contributed by atoms with Gasteiger partial charge < -0.3 is 65.8 Å². The van der Waals surface area contributed by atoms with Crippen molar-refractivity contribution >= 4 is 47.3 Å². The summed E-state index contributed by atoms with van der Waals surface area (Å²) < 4.78 is 0. The molecule has 9 N–H and O–H groups in total. The van der Waals surface area contributed by atoms with E-state index in [2.05, 4.69) is 32.0 Å². The highest BCUT2D eigenvalue weighted by Gasteiger charge is 2.77. The number of likely N-dealkylation sites (N-methyl/N-ethyl adjacent to an activating group) is 2. The second-order valence-electron chi connectivity index (χ2n) is 47.8. The molecule has 0 unspecified atom stereocenters. The minimum absolute atomic E-state index is 0.00252. The number of Topliss-reactive ketones (excluding diaryl/α,β-unsaturated/α-hetero) is 2. The molecular weight excluding hydrogens is 1750 g/mol. The van der Waals surface area contributed by atoms with Gasteiger partial charge in [0.25, 0.3) is 11.8 Å². The maximum absolute atomic E-state index is 14.4. The number of aromatic hydroxyl groups is 4. The molecule has 8 aliphatic heterocycles. The van der Waals surface area contributed by atoms with E-state index in [1.54, 1.807) is 35.2 Å². The van der Waals surface area contributed by atoms with Crippen LogP contribution in [0.3, 0.4) is 0 Å². The summed E-state index contributed by atoms with van der Waals surface area (Å²) in [4.78, 5) is 126. The summed E-state index contributed by atoms with van der Waals surface area (Å²) in [5.41, 5.74) is 2.49. The predicted molar refractivity (Wildman–Crippen MR) is 517 cm³/mol. The fourth-order valence-electron chi connectivity index (χ4n) is 32.0. The van der Waals surface area contributed by atoms with Gasteiger partial charge in [-0.1, -0.05) is 83.9 Å². The van der Waals surface area contributed by atoms with Gasteiger partial charge in [-0.3, -0.25) is 53.3 Å². The number of aliphatic hydroxyl groups is 4. The summed E-state index contributed by atoms with van der Waals surface area (Å²) in [5.74, 6) is 3.69. The number of phenols is 4. The molecule has 21 aliphatic rings. The molecule has 8 saturated heterocycles. The molecule has 0 radical (unpaired) electrons. The van der Waals surface area contributed by atoms with E-state index >= 15 is 0 Å². The molecule has 736 valence electrons. The van der Waals surface area contributed by atoms with Crippen molar-refractivity contribution in [1.29, 1.82) is 0 Å². The Morgan fingerprint density at radius 1 is 0.353 bits per heavy atom. The van der Waals surface area contributed by atoms with Crippen molar-refractivity contribution in [2.24, 2.45) is 29.6 Å². The van der Waals surface area contributed by atoms with Crippen LogP contribution in [-0.2, 0) is 89.2 Å². The Labute approximate surface area is 814 Å². The van der Waals surface area contributed by atoms with Gasteiger partial charge in [0, 0.05) is 85.1 Å². The second kappa shape index (κ2) is 32.4. The Morgan fingerprint density at radius 2 is 0.683 bits per heavy atom. The summed E-state index contributed by atoms with van der Waals surface area (Å²) in [7, 11) is 2.08. The number of imide groups is 2. The normalized spacial score (nSPS) is 37.1. The first-order chi connectivity index (χ1) is 66.6. The van der Waals surface area contributed by atoms with Crippen molar-refractivity contribution < 1.29 is 79.2 Å². The van der Waals surface area contributed by atoms with Gasteiger partial charge >= 0.3 is 12.1 Å². The lowest BCUT2D eigenvalue weighted by Gasteiger charge is -2.66. The smallest absolute Gasteiger partial charge is 0.327 e. The first kappa shape index (κ1) is 91.8. The number of piperidine rings is 4. The summed E-state index contributed by atoms with van der Waals surface area (Å²) >= 11 is 0. The molecule has 6 aromatic rings. The molecule has 26 heteroatoms. The zero-order valence-corrected chi connectivity index (χ0v) is 81.2. The molecule has 139 heavy (non-hydrogen) atoms. The number of urea groups is 2. The van der Waals surface area contributed by atoms with Crippen LogP contribution in [0.4, 0.5) is 9.59 Å². The standard InChI is InChI=1S/C32H39N3O4.C30H35N3O4.C27H34N2O4.C24H30N2O4/c1-3-35-29(38)34(19-23-6-4-21(2)5-7-23)28(37)31(35)12-13-32(39)27-16-24-10-11-25(36)17-26(24)30(32,20-31)14-15-33(27)18-22-8-9-22;1-19-2-4-21(5-3-19)17-33-26(35)29(31-27(33)36)10-11-30(37)25-14-22-8-9-23(34)15-24(22)28(30,18-29)12-13-32(25)16-20-6-7-20;30-20-6-5-19-11-22-27(33)8-7-26(23(31)13-24(32)29(26)15-18-3-4-18)16-25(27,21(19)12-20)9-10-28(22)14-17-1-2-17;1-25-9-8-22-14-23(20(28)12-21(29)26(23)13-15-2-3-15)6-7-24(22,30)19(25)10-16-4-5-17(27)11-18(16)22/h4-7,10-11,17,22,27,36,39H,3,8-9,12-16,18-20H2,1-2H3;2-5,8-9,15,20,25,34,37H,6-7,10-14,16-18H2,1H3,(H,31,36);5-6,12,17-18,22,30,33H,1-4,7-11,13-16H2;4-5,11,15,19,27,30H,2-3,6-10,12-14H2,1H3/t27-,30-,31+,32-;25-,28-,29+,30-;22-,25-,26+,27-;19-,22-,23+,24-/m1111/s1. The topological polar surface area (TPSA) is 340 Å². The van der Waals surface area contributed by atoms with Crippen LogP contribution in [-0.4, -0.2) is 273 Å². The van der Waals surface area contributed by atoms with E-state index in [1.165, 1.54) is 53.9 Å². The van der Waals surface area contributed by atoms with Gasteiger partial charge in [-0.05, 0) is 380 Å². The largest absolute Gasteiger partial charge is 0.508 e. The van der Waals surface area contributed by atoms with Crippen LogP contribution in [0.5, 0.6) is 23.0 Å². The van der Waals surface area contributed by atoms with E-state index in [4.69, 9.17) is 0 Å². The molecule has 27 rings (SSSR count). The number of carbonyl (C=O) groups excluding carboxylic acids is 8. The van der Waals surface area contributed by atoms with E-state index in [0.717, 1.165) is 189 Å². The van der Waals surface area contributed by atoms with Crippen molar-refractivity contribution in [1.82, 2.24) is 49.4 Å². The van der Waals surface area contributed by atoms with E-state index < -0.39 is 66.2 Å². The van der Waals surface area contributed by atoms with Gasteiger partial charge in [0.15, 0.2) is 11.6 Å². The highest BCUT2D eigenvalue weighted by molar-refractivity contribution is 6.12. The first-order valence-electron chi connectivity index (χ1n) is 52.8. The molecule has 6 aromatic carbocycles. The number of aryl methyl sites for hydroxylation is 2. The Bertz CT molecular complexity index is 6080. The molecule has 26 nitrogen and oxygen atoms in total. The summed E-state index contributed by atoms with van der Waals surface area (Å²) in [6.45, 7) is 14.8. The number of likely N-dealkylation sites (tertiary alicyclic amines) is 6. The van der Waals surface area contributed by atoms with Crippen LogP contribution in [0.1, 0.15) is 253 Å². The maximum atomic E-state index is 14.4. The number of hydrogen-bond acceptors (Lipinski definition) is 20. The second-order valence-corrected chi connectivity index (χ2v) is 47.8. The number of ketones is 2. The molecule has 0 aromatic heterocycles. The summed E-state index contributed by atoms with van der Waals surface area (Å²) in [6.07, 6.45) is 23.7. The van der Waals surface area contributed by atoms with Crippen LogP contribution in [0.2, 0.25) is 0 Å². The van der Waals surface area contributed by atoms with Gasteiger partial charge in [-0.15, -0.1) is 0 Å². The van der Waals surface area contributed by atoms with E-state index in [0.29, 0.717) is 121 Å². The number of fused-ring (bicyclic) bond motifs is 4. The number of phenolic OH excluding ortho intramolecular Hbond substituents is 4. The third kappa shape index (κ3) is 14.0. The highest BCUT2D eigenvalue weighted by Crippen LogP contribution is 2.69. The van der Waals surface area contributed by atoms with Crippen molar-refractivity contribution in [2.75, 3.05) is 72.5 Å². The fourth-order valence-corrected chi connectivity index (χ4v) is 32.0. The number of carbonyl (C=O) groups is 8. The van der Waals surface area contributed by atoms with Crippen LogP contribution in [0, 0.1) is 43.4 Å². The van der Waals surface area contributed by atoms with Crippen molar-refractivity contribution in [3.63, 3.8) is 0 Å². The van der Waals surface area contributed by atoms with Crippen LogP contribution in [0.25, 0.3) is 0 Å². The summed E-state index contributed by atoms with van der Waals surface area (Å²) in [6, 6.07) is 37.5. The van der Waals surface area contributed by atoms with Gasteiger partial charge in [0.2, 0.25) is 11.8 Å². The average Bonchev–Trinajstić information content (AvgIpc) is 1.46. The zero-order valence-electron chi connectivity index (χ0n) is 81.2. The third-order valence-corrected chi connectivity index (χ3v) is 40.2. The van der Waals surface area contributed by atoms with Crippen molar-refractivity contribution in [3.8, 4) is 23.0 Å². The molecular formula is C113H138N10O16. The molecule has 8 bridgehead atoms. The van der Waals surface area contributed by atoms with Gasteiger partial charge in [-0.25, -0.2) is 9.59 Å². The maximum Gasteiger partial charge on any atom is 0.327 e. The minimum atomic E-state index is -1.04. The Kier molecular flexibility index (Phi) is 21.4. The van der Waals surface area contributed by atoms with E-state index in [9.17, 15) is 79.2 Å². The number of benzene rings is 6. The highest BCUT2D eigenvalue weighted by atomic mass is 16.3. The monoisotopic (exact) mass is 1890 g/mol. The average molecular weight is 1890 g/mol. The Hall–Kier alpha value is -9.64. The minimum Gasteiger partial charge on any atom is -0.508 e. The zero-order chi connectivity index (χ0) is 96.2. The Morgan fingerprint density at radius 3 is 1.06 bits per heavy atom. The molecule has 4 spiro atoms. The van der Waals surface area contributed by atoms with Gasteiger partial charge in [0.05, 0.1) is 48.3 Å².